The Labute approximate surface area is 184 Å². The van der Waals surface area contributed by atoms with E-state index < -0.39 is 0 Å². The van der Waals surface area contributed by atoms with Gasteiger partial charge in [0, 0.05) is 30.6 Å². The summed E-state index contributed by atoms with van der Waals surface area (Å²) in [6.45, 7) is 7.82. The van der Waals surface area contributed by atoms with Gasteiger partial charge < -0.3 is 10.2 Å². The smallest absolute Gasteiger partial charge is 0.255 e. The van der Waals surface area contributed by atoms with Crippen LogP contribution in [0.5, 0.6) is 0 Å². The molecule has 0 atom stereocenters. The Morgan fingerprint density at radius 1 is 1.03 bits per heavy atom. The lowest BCUT2D eigenvalue weighted by Crippen LogP contribution is -2.38. The molecule has 1 aliphatic heterocycles. The zero-order valence-corrected chi connectivity index (χ0v) is 18.5. The molecule has 2 aromatic rings. The molecule has 6 heteroatoms. The number of carbonyl (C=O) groups excluding carboxylic acids is 2. The van der Waals surface area contributed by atoms with E-state index in [-0.39, 0.29) is 17.7 Å². The van der Waals surface area contributed by atoms with E-state index in [2.05, 4.69) is 10.2 Å². The molecule has 0 unspecified atom stereocenters. The maximum Gasteiger partial charge on any atom is 0.255 e. The van der Waals surface area contributed by atoms with E-state index in [1.807, 2.05) is 56.3 Å². The van der Waals surface area contributed by atoms with Gasteiger partial charge in [-0.1, -0.05) is 35.9 Å². The molecule has 0 radical (unpaired) electrons. The number of anilines is 1. The normalized spacial score (nSPS) is 15.0. The second kappa shape index (κ2) is 10.6. The molecule has 1 heterocycles. The molecule has 0 bridgehead atoms. The van der Waals surface area contributed by atoms with Crippen molar-refractivity contribution < 1.29 is 9.59 Å². The summed E-state index contributed by atoms with van der Waals surface area (Å²) >= 11 is 5.96. The summed E-state index contributed by atoms with van der Waals surface area (Å²) in [6, 6.07) is 15.2. The lowest BCUT2D eigenvalue weighted by Gasteiger charge is -2.31. The quantitative estimate of drug-likeness (QED) is 0.698. The molecule has 2 amide bonds. The molecular formula is C24H30ClN3O2. The highest BCUT2D eigenvalue weighted by Gasteiger charge is 2.26. The second-order valence-electron chi connectivity index (χ2n) is 7.69. The van der Waals surface area contributed by atoms with Gasteiger partial charge in [0.25, 0.3) is 5.91 Å². The topological polar surface area (TPSA) is 52.7 Å². The van der Waals surface area contributed by atoms with Crippen molar-refractivity contribution in [3.63, 3.8) is 0 Å². The summed E-state index contributed by atoms with van der Waals surface area (Å²) in [7, 11) is 0. The van der Waals surface area contributed by atoms with Crippen molar-refractivity contribution in [3.05, 3.63) is 64.7 Å². The van der Waals surface area contributed by atoms with Crippen LogP contribution >= 0.6 is 11.6 Å². The fraction of sp³-hybridized carbons (Fsp3) is 0.417. The number of para-hydroxylation sites is 1. The highest BCUT2D eigenvalue weighted by molar-refractivity contribution is 6.30. The molecule has 1 saturated heterocycles. The van der Waals surface area contributed by atoms with Crippen LogP contribution < -0.4 is 5.32 Å². The van der Waals surface area contributed by atoms with Gasteiger partial charge in [-0.3, -0.25) is 14.5 Å². The number of benzene rings is 2. The number of nitrogens with zero attached hydrogens (tertiary/aromatic N) is 2. The van der Waals surface area contributed by atoms with Gasteiger partial charge in [0.1, 0.15) is 0 Å². The third-order valence-electron chi connectivity index (χ3n) is 5.74. The molecule has 1 N–H and O–H groups in total. The van der Waals surface area contributed by atoms with Crippen molar-refractivity contribution in [2.24, 2.45) is 5.92 Å². The predicted octanol–water partition coefficient (Wildman–Crippen LogP) is 4.67. The summed E-state index contributed by atoms with van der Waals surface area (Å²) in [6.07, 6.45) is 1.62. The van der Waals surface area contributed by atoms with Gasteiger partial charge in [-0.2, -0.15) is 0 Å². The van der Waals surface area contributed by atoms with Gasteiger partial charge >= 0.3 is 0 Å². The summed E-state index contributed by atoms with van der Waals surface area (Å²) in [5.74, 6) is -0.0855. The van der Waals surface area contributed by atoms with Crippen molar-refractivity contribution >= 4 is 29.1 Å². The van der Waals surface area contributed by atoms with E-state index in [0.29, 0.717) is 24.3 Å². The van der Waals surface area contributed by atoms with Gasteiger partial charge in [-0.25, -0.2) is 0 Å². The van der Waals surface area contributed by atoms with Gasteiger partial charge in [-0.05, 0) is 69.6 Å². The Hall–Kier alpha value is -2.37. The first-order chi connectivity index (χ1) is 14.5. The molecule has 0 aliphatic carbocycles. The average Bonchev–Trinajstić information content (AvgIpc) is 2.77. The predicted molar refractivity (Wildman–Crippen MR) is 122 cm³/mol. The van der Waals surface area contributed by atoms with Gasteiger partial charge in [-0.15, -0.1) is 0 Å². The van der Waals surface area contributed by atoms with E-state index in [1.165, 1.54) is 5.56 Å². The minimum atomic E-state index is -0.0475. The van der Waals surface area contributed by atoms with Crippen LogP contribution in [0.1, 0.15) is 42.6 Å². The van der Waals surface area contributed by atoms with Crippen LogP contribution in [0.3, 0.4) is 0 Å². The molecule has 0 aromatic heterocycles. The van der Waals surface area contributed by atoms with Crippen molar-refractivity contribution in [2.75, 3.05) is 31.5 Å². The molecule has 1 aliphatic rings. The SMILES string of the molecule is CCN(CC)C(=O)c1ccccc1NC(=O)C1CCN(Cc2ccc(Cl)cc2)CC1. The van der Waals surface area contributed by atoms with Crippen LogP contribution in [-0.2, 0) is 11.3 Å². The number of piperidine rings is 1. The average molecular weight is 428 g/mol. The molecule has 3 rings (SSSR count). The van der Waals surface area contributed by atoms with Crippen molar-refractivity contribution in [3.8, 4) is 0 Å². The Morgan fingerprint density at radius 2 is 1.67 bits per heavy atom. The van der Waals surface area contributed by atoms with Gasteiger partial charge in [0.15, 0.2) is 0 Å². The number of hydrogen-bond acceptors (Lipinski definition) is 3. The van der Waals surface area contributed by atoms with E-state index in [9.17, 15) is 9.59 Å². The van der Waals surface area contributed by atoms with Crippen molar-refractivity contribution in [1.82, 2.24) is 9.80 Å². The van der Waals surface area contributed by atoms with Crippen LogP contribution in [-0.4, -0.2) is 47.8 Å². The number of amides is 2. The zero-order valence-electron chi connectivity index (χ0n) is 17.7. The van der Waals surface area contributed by atoms with Gasteiger partial charge in [0.2, 0.25) is 5.91 Å². The first kappa shape index (κ1) is 22.3. The minimum absolute atomic E-state index is 0.000870. The fourth-order valence-corrected chi connectivity index (χ4v) is 4.02. The van der Waals surface area contributed by atoms with E-state index >= 15 is 0 Å². The van der Waals surface area contributed by atoms with Crippen LogP contribution in [0.2, 0.25) is 5.02 Å². The molecule has 2 aromatic carbocycles. The fourth-order valence-electron chi connectivity index (χ4n) is 3.90. The van der Waals surface area contributed by atoms with Crippen LogP contribution in [0.25, 0.3) is 0 Å². The van der Waals surface area contributed by atoms with Gasteiger partial charge in [0.05, 0.1) is 11.3 Å². The van der Waals surface area contributed by atoms with Crippen LogP contribution in [0.15, 0.2) is 48.5 Å². The lowest BCUT2D eigenvalue weighted by molar-refractivity contribution is -0.121. The second-order valence-corrected chi connectivity index (χ2v) is 8.13. The number of hydrogen-bond donors (Lipinski definition) is 1. The Kier molecular flexibility index (Phi) is 7.88. The first-order valence-corrected chi connectivity index (χ1v) is 11.1. The molecule has 5 nitrogen and oxygen atoms in total. The summed E-state index contributed by atoms with van der Waals surface area (Å²) in [5, 5.41) is 3.76. The third-order valence-corrected chi connectivity index (χ3v) is 6.00. The standard InChI is InChI=1S/C24H30ClN3O2/c1-3-28(4-2)24(30)21-7-5-6-8-22(21)26-23(29)19-13-15-27(16-14-19)17-18-9-11-20(25)12-10-18/h5-12,19H,3-4,13-17H2,1-2H3,(H,26,29). The highest BCUT2D eigenvalue weighted by atomic mass is 35.5. The Morgan fingerprint density at radius 3 is 2.30 bits per heavy atom. The maximum absolute atomic E-state index is 12.9. The number of halogens is 1. The minimum Gasteiger partial charge on any atom is -0.339 e. The maximum atomic E-state index is 12.9. The number of rotatable bonds is 7. The largest absolute Gasteiger partial charge is 0.339 e. The summed E-state index contributed by atoms with van der Waals surface area (Å²) < 4.78 is 0. The zero-order chi connectivity index (χ0) is 21.5. The molecular weight excluding hydrogens is 398 g/mol. The number of carbonyl (C=O) groups is 2. The molecule has 30 heavy (non-hydrogen) atoms. The van der Waals surface area contributed by atoms with Crippen LogP contribution in [0.4, 0.5) is 5.69 Å². The van der Waals surface area contributed by atoms with Crippen molar-refractivity contribution in [1.29, 1.82) is 0 Å². The monoisotopic (exact) mass is 427 g/mol. The Balaban J connectivity index is 1.57. The molecule has 0 saturated carbocycles. The lowest BCUT2D eigenvalue weighted by atomic mass is 9.95. The van der Waals surface area contributed by atoms with Crippen molar-refractivity contribution in [2.45, 2.75) is 33.2 Å². The van der Waals surface area contributed by atoms with E-state index in [4.69, 9.17) is 11.6 Å². The first-order valence-electron chi connectivity index (χ1n) is 10.7. The van der Waals surface area contributed by atoms with Crippen LogP contribution in [0, 0.1) is 5.92 Å². The van der Waals surface area contributed by atoms with E-state index in [1.54, 1.807) is 11.0 Å². The molecule has 160 valence electrons. The number of nitrogens with one attached hydrogen (secondary N) is 1. The Bertz CT molecular complexity index is 857. The van der Waals surface area contributed by atoms with E-state index in [0.717, 1.165) is 37.5 Å². The summed E-state index contributed by atoms with van der Waals surface area (Å²) in [5.41, 5.74) is 2.38. The molecule has 1 fully saturated rings. The molecule has 0 spiro atoms. The third kappa shape index (κ3) is 5.61. The number of likely N-dealkylation sites (tertiary alicyclic amines) is 1. The summed E-state index contributed by atoms with van der Waals surface area (Å²) in [4.78, 5) is 29.8. The highest BCUT2D eigenvalue weighted by Crippen LogP contribution is 2.23.